The van der Waals surface area contributed by atoms with Crippen LogP contribution in [0.25, 0.3) is 0 Å². The largest absolute Gasteiger partial charge is 0.492 e. The molecule has 0 heterocycles. The van der Waals surface area contributed by atoms with Crippen molar-refractivity contribution in [3.63, 3.8) is 0 Å². The summed E-state index contributed by atoms with van der Waals surface area (Å²) in [5, 5.41) is 3.26. The van der Waals surface area contributed by atoms with Gasteiger partial charge in [0.15, 0.2) is 0 Å². The van der Waals surface area contributed by atoms with Crippen molar-refractivity contribution in [1.29, 1.82) is 0 Å². The summed E-state index contributed by atoms with van der Waals surface area (Å²) in [5.74, 6) is 0.111. The molecule has 0 spiro atoms. The highest BCUT2D eigenvalue weighted by Crippen LogP contribution is 2.30. The van der Waals surface area contributed by atoms with Gasteiger partial charge in [0.05, 0.1) is 18.6 Å². The summed E-state index contributed by atoms with van der Waals surface area (Å²) in [5.41, 5.74) is 2.30. The minimum absolute atomic E-state index is 0.0708. The molecule has 0 saturated heterocycles. The molecule has 0 aliphatic heterocycles. The molecule has 1 saturated carbocycles. The number of hydrogen-bond donors (Lipinski definition) is 1. The second-order valence-corrected chi connectivity index (χ2v) is 14.4. The van der Waals surface area contributed by atoms with Crippen LogP contribution in [0.5, 0.6) is 5.75 Å². The number of para-hydroxylation sites is 2. The molecule has 45 heavy (non-hydrogen) atoms. The Hall–Kier alpha value is -3.37. The Bertz CT molecular complexity index is 1500. The number of halogens is 1. The number of rotatable bonds is 15. The molecule has 10 heteroatoms. The fourth-order valence-corrected chi connectivity index (χ4v) is 7.04. The van der Waals surface area contributed by atoms with Crippen molar-refractivity contribution < 1.29 is 22.7 Å². The number of anilines is 1. The number of benzene rings is 3. The molecule has 1 fully saturated rings. The first-order valence-corrected chi connectivity index (χ1v) is 18.4. The van der Waals surface area contributed by atoms with E-state index < -0.39 is 16.1 Å². The molecular weight excluding hydrogens is 654 g/mol. The van der Waals surface area contributed by atoms with Crippen molar-refractivity contribution in [2.45, 2.75) is 76.9 Å². The van der Waals surface area contributed by atoms with E-state index in [4.69, 9.17) is 4.74 Å². The topological polar surface area (TPSA) is 96.0 Å². The molecule has 2 amide bonds. The van der Waals surface area contributed by atoms with Gasteiger partial charge in [-0.3, -0.25) is 13.9 Å². The zero-order valence-corrected chi connectivity index (χ0v) is 28.6. The summed E-state index contributed by atoms with van der Waals surface area (Å²) in [4.78, 5) is 29.8. The average molecular weight is 699 g/mol. The van der Waals surface area contributed by atoms with Crippen LogP contribution in [0.4, 0.5) is 5.69 Å². The predicted octanol–water partition coefficient (Wildman–Crippen LogP) is 6.48. The van der Waals surface area contributed by atoms with Crippen molar-refractivity contribution in [3.05, 3.63) is 94.5 Å². The Labute approximate surface area is 276 Å². The van der Waals surface area contributed by atoms with Gasteiger partial charge >= 0.3 is 0 Å². The Morgan fingerprint density at radius 1 is 0.933 bits per heavy atom. The highest BCUT2D eigenvalue weighted by molar-refractivity contribution is 9.10. The van der Waals surface area contributed by atoms with E-state index >= 15 is 0 Å². The highest BCUT2D eigenvalue weighted by Gasteiger charge is 2.32. The number of hydrogen-bond acceptors (Lipinski definition) is 5. The molecule has 0 radical (unpaired) electrons. The number of sulfonamides is 1. The smallest absolute Gasteiger partial charge is 0.243 e. The molecule has 4 rings (SSSR count). The maximum atomic E-state index is 14.1. The van der Waals surface area contributed by atoms with Gasteiger partial charge < -0.3 is 15.0 Å². The monoisotopic (exact) mass is 697 g/mol. The molecule has 1 atom stereocenters. The van der Waals surface area contributed by atoms with Crippen molar-refractivity contribution in [2.75, 3.05) is 23.7 Å². The molecule has 0 bridgehead atoms. The second-order valence-electron chi connectivity index (χ2n) is 11.5. The minimum Gasteiger partial charge on any atom is -0.492 e. The lowest BCUT2D eigenvalue weighted by atomic mass is 9.94. The van der Waals surface area contributed by atoms with E-state index in [-0.39, 0.29) is 43.8 Å². The summed E-state index contributed by atoms with van der Waals surface area (Å²) in [6, 6.07) is 23.9. The van der Waals surface area contributed by atoms with E-state index in [1.165, 1.54) is 10.7 Å². The van der Waals surface area contributed by atoms with Crippen LogP contribution in [-0.4, -0.2) is 56.6 Å². The van der Waals surface area contributed by atoms with Crippen molar-refractivity contribution in [1.82, 2.24) is 10.2 Å². The molecule has 3 aromatic carbocycles. The Kier molecular flexibility index (Phi) is 12.9. The van der Waals surface area contributed by atoms with Gasteiger partial charge in [-0.05, 0) is 61.6 Å². The number of carbonyl (C=O) groups excluding carboxylic acids is 2. The average Bonchev–Trinajstić information content (AvgIpc) is 3.03. The third-order valence-corrected chi connectivity index (χ3v) is 9.78. The molecule has 3 aromatic rings. The van der Waals surface area contributed by atoms with Crippen LogP contribution < -0.4 is 14.4 Å². The number of ether oxygens (including phenoxy) is 1. The fraction of sp³-hybridized carbons (Fsp3) is 0.429. The molecule has 0 aromatic heterocycles. The molecule has 1 aliphatic carbocycles. The van der Waals surface area contributed by atoms with E-state index in [9.17, 15) is 18.0 Å². The van der Waals surface area contributed by atoms with Gasteiger partial charge in [-0.25, -0.2) is 8.42 Å². The van der Waals surface area contributed by atoms with Gasteiger partial charge in [-0.2, -0.15) is 0 Å². The quantitative estimate of drug-likeness (QED) is 0.196. The van der Waals surface area contributed by atoms with Gasteiger partial charge in [-0.1, -0.05) is 89.8 Å². The molecule has 1 aliphatic rings. The highest BCUT2D eigenvalue weighted by atomic mass is 79.9. The van der Waals surface area contributed by atoms with Gasteiger partial charge in [0.25, 0.3) is 0 Å². The van der Waals surface area contributed by atoms with E-state index in [2.05, 4.69) is 21.2 Å². The van der Waals surface area contributed by atoms with Gasteiger partial charge in [-0.15, -0.1) is 0 Å². The standard InChI is InChI=1S/C35H44BrN3O5S/c1-3-44-33-18-11-10-17-31(33)39(45(2,42)43)24-12-19-34(40)38(26-28-20-22-29(36)23-21-28)32(25-27-13-6-4-7-14-27)35(41)37-30-15-8-5-9-16-30/h4,6-7,10-11,13-14,17-18,20-23,30,32H,3,5,8-9,12,15-16,19,24-26H2,1-2H3,(H,37,41)/t32-/m0/s1. The lowest BCUT2D eigenvalue weighted by molar-refractivity contribution is -0.141. The van der Waals surface area contributed by atoms with Crippen LogP contribution in [-0.2, 0) is 32.6 Å². The normalized spacial score (nSPS) is 14.4. The van der Waals surface area contributed by atoms with E-state index in [0.29, 0.717) is 24.5 Å². The fourth-order valence-electron chi connectivity index (χ4n) is 5.81. The first-order chi connectivity index (χ1) is 21.7. The summed E-state index contributed by atoms with van der Waals surface area (Å²) < 4.78 is 33.7. The Morgan fingerprint density at radius 3 is 2.27 bits per heavy atom. The Morgan fingerprint density at radius 2 is 1.60 bits per heavy atom. The zero-order valence-electron chi connectivity index (χ0n) is 26.2. The third-order valence-electron chi connectivity index (χ3n) is 8.07. The number of amides is 2. The van der Waals surface area contributed by atoms with Crippen molar-refractivity contribution >= 4 is 43.5 Å². The van der Waals surface area contributed by atoms with Crippen LogP contribution >= 0.6 is 15.9 Å². The molecule has 0 unspecified atom stereocenters. The lowest BCUT2D eigenvalue weighted by Crippen LogP contribution is -2.52. The van der Waals surface area contributed by atoms with Crippen molar-refractivity contribution in [2.24, 2.45) is 0 Å². The van der Waals surface area contributed by atoms with Crippen LogP contribution in [0.3, 0.4) is 0 Å². The molecule has 8 nitrogen and oxygen atoms in total. The van der Waals surface area contributed by atoms with Crippen LogP contribution in [0.15, 0.2) is 83.3 Å². The molecular formula is C35H44BrN3O5S. The van der Waals surface area contributed by atoms with E-state index in [1.807, 2.05) is 61.5 Å². The number of nitrogens with one attached hydrogen (secondary N) is 1. The maximum Gasteiger partial charge on any atom is 0.243 e. The Balaban J connectivity index is 1.59. The number of nitrogens with zero attached hydrogens (tertiary/aromatic N) is 2. The molecule has 242 valence electrons. The minimum atomic E-state index is -3.66. The summed E-state index contributed by atoms with van der Waals surface area (Å²) in [6.07, 6.45) is 7.09. The summed E-state index contributed by atoms with van der Waals surface area (Å²) in [6.45, 7) is 2.59. The van der Waals surface area contributed by atoms with Gasteiger partial charge in [0.1, 0.15) is 11.8 Å². The maximum absolute atomic E-state index is 14.1. The SMILES string of the molecule is CCOc1ccccc1N(CCCC(=O)N(Cc1ccc(Br)cc1)[C@@H](Cc1ccccc1)C(=O)NC1CCCCC1)S(C)(=O)=O. The third kappa shape index (κ3) is 10.3. The number of carbonyl (C=O) groups is 2. The van der Waals surface area contributed by atoms with Crippen LogP contribution in [0.1, 0.15) is 63.0 Å². The van der Waals surface area contributed by atoms with E-state index in [1.54, 1.807) is 29.2 Å². The molecule has 1 N–H and O–H groups in total. The van der Waals surface area contributed by atoms with Gasteiger partial charge in [0.2, 0.25) is 21.8 Å². The first kappa shape index (κ1) is 34.5. The lowest BCUT2D eigenvalue weighted by Gasteiger charge is -2.34. The zero-order chi connectivity index (χ0) is 32.2. The van der Waals surface area contributed by atoms with Crippen LogP contribution in [0, 0.1) is 0 Å². The van der Waals surface area contributed by atoms with Crippen LogP contribution in [0.2, 0.25) is 0 Å². The first-order valence-electron chi connectivity index (χ1n) is 15.7. The van der Waals surface area contributed by atoms with Gasteiger partial charge in [0, 0.05) is 36.4 Å². The second kappa shape index (κ2) is 16.8. The van der Waals surface area contributed by atoms with Crippen molar-refractivity contribution in [3.8, 4) is 5.75 Å². The summed E-state index contributed by atoms with van der Waals surface area (Å²) >= 11 is 3.48. The van der Waals surface area contributed by atoms with E-state index in [0.717, 1.165) is 47.5 Å². The predicted molar refractivity (Wildman–Crippen MR) is 183 cm³/mol. The summed E-state index contributed by atoms with van der Waals surface area (Å²) in [7, 11) is -3.66.